The second-order valence-electron chi connectivity index (χ2n) is 4.53. The van der Waals surface area contributed by atoms with Crippen molar-refractivity contribution in [3.05, 3.63) is 52.1 Å². The first kappa shape index (κ1) is 17.0. The smallest absolute Gasteiger partial charge is 0.277 e. The van der Waals surface area contributed by atoms with Gasteiger partial charge < -0.3 is 0 Å². The molecular formula is C12H12F2N4O4S. The minimum absolute atomic E-state index is 0.170. The molecule has 0 aliphatic heterocycles. The molecule has 1 N–H and O–H groups in total. The van der Waals surface area contributed by atoms with Crippen molar-refractivity contribution in [3.8, 4) is 0 Å². The number of hydrogen-bond donors (Lipinski definition) is 1. The summed E-state index contributed by atoms with van der Waals surface area (Å²) in [5.74, 6) is -0.209. The number of rotatable bonds is 6. The van der Waals surface area contributed by atoms with Crippen LogP contribution in [0.25, 0.3) is 0 Å². The first-order valence-electron chi connectivity index (χ1n) is 6.27. The Balaban J connectivity index is 2.33. The fourth-order valence-corrected chi connectivity index (χ4v) is 3.39. The number of aryl methyl sites for hydroxylation is 1. The van der Waals surface area contributed by atoms with Crippen LogP contribution in [0.2, 0.25) is 0 Å². The molecule has 0 fully saturated rings. The third-order valence-electron chi connectivity index (χ3n) is 3.04. The fourth-order valence-electron chi connectivity index (χ4n) is 2.02. The van der Waals surface area contributed by atoms with Gasteiger partial charge in [-0.15, -0.1) is 0 Å². The van der Waals surface area contributed by atoms with Gasteiger partial charge in [0.25, 0.3) is 5.69 Å². The van der Waals surface area contributed by atoms with E-state index in [0.717, 1.165) is 18.5 Å². The number of hydrogen-bond acceptors (Lipinski definition) is 5. The monoisotopic (exact) mass is 346 g/mol. The van der Waals surface area contributed by atoms with E-state index in [-0.39, 0.29) is 11.4 Å². The Morgan fingerprint density at radius 2 is 2.13 bits per heavy atom. The molecule has 0 saturated carbocycles. The predicted molar refractivity (Wildman–Crippen MR) is 75.3 cm³/mol. The van der Waals surface area contributed by atoms with Crippen molar-refractivity contribution in [1.29, 1.82) is 0 Å². The van der Waals surface area contributed by atoms with Gasteiger partial charge in [0.1, 0.15) is 5.82 Å². The van der Waals surface area contributed by atoms with Gasteiger partial charge in [-0.3, -0.25) is 14.7 Å². The summed E-state index contributed by atoms with van der Waals surface area (Å²) in [7, 11) is -4.28. The molecule has 1 aromatic carbocycles. The van der Waals surface area contributed by atoms with Crippen LogP contribution in [-0.4, -0.2) is 22.9 Å². The van der Waals surface area contributed by atoms with Crippen LogP contribution in [0, 0.1) is 17.0 Å². The largest absolute Gasteiger partial charge is 0.319 e. The Kier molecular flexibility index (Phi) is 4.71. The van der Waals surface area contributed by atoms with Crippen molar-refractivity contribution < 1.29 is 22.1 Å². The van der Waals surface area contributed by atoms with Crippen molar-refractivity contribution in [1.82, 2.24) is 14.3 Å². The van der Waals surface area contributed by atoms with Crippen molar-refractivity contribution in [2.45, 2.75) is 24.9 Å². The summed E-state index contributed by atoms with van der Waals surface area (Å²) in [6.45, 7) is -1.99. The van der Waals surface area contributed by atoms with E-state index in [1.807, 2.05) is 0 Å². The second kappa shape index (κ2) is 6.38. The average Bonchev–Trinajstić information content (AvgIpc) is 2.93. The fraction of sp³-hybridized carbons (Fsp3) is 0.250. The normalized spacial score (nSPS) is 11.8. The number of halogens is 2. The van der Waals surface area contributed by atoms with Crippen LogP contribution < -0.4 is 4.72 Å². The summed E-state index contributed by atoms with van der Waals surface area (Å²) in [5.41, 5.74) is -0.418. The first-order valence-corrected chi connectivity index (χ1v) is 7.76. The molecule has 1 heterocycles. The standard InChI is InChI=1S/C12H12F2N4O4S/c1-8-3-2-4-9(18(19)20)11(8)23(21,22)16-7-10-15-5-6-17(10)12(13)14/h2-6,12,16H,7H2,1H3. The van der Waals surface area contributed by atoms with Crippen molar-refractivity contribution in [2.75, 3.05) is 0 Å². The van der Waals surface area contributed by atoms with Crippen molar-refractivity contribution >= 4 is 15.7 Å². The van der Waals surface area contributed by atoms with Crippen LogP contribution in [-0.2, 0) is 16.6 Å². The quantitative estimate of drug-likeness (QED) is 0.636. The van der Waals surface area contributed by atoms with Gasteiger partial charge in [0.05, 0.1) is 11.5 Å². The molecule has 0 unspecified atom stereocenters. The molecule has 2 aromatic rings. The summed E-state index contributed by atoms with van der Waals surface area (Å²) < 4.78 is 52.6. The number of alkyl halides is 2. The zero-order valence-electron chi connectivity index (χ0n) is 11.8. The third kappa shape index (κ3) is 3.51. The number of aromatic nitrogens is 2. The molecule has 8 nitrogen and oxygen atoms in total. The van der Waals surface area contributed by atoms with E-state index in [0.29, 0.717) is 4.57 Å². The molecule has 1 aromatic heterocycles. The molecule has 11 heteroatoms. The van der Waals surface area contributed by atoms with Gasteiger partial charge in [-0.1, -0.05) is 12.1 Å². The molecule has 2 rings (SSSR count). The molecule has 124 valence electrons. The molecule has 0 bridgehead atoms. The lowest BCUT2D eigenvalue weighted by Gasteiger charge is -2.10. The molecule has 23 heavy (non-hydrogen) atoms. The average molecular weight is 346 g/mol. The van der Waals surface area contributed by atoms with Gasteiger partial charge in [0, 0.05) is 18.5 Å². The summed E-state index contributed by atoms with van der Waals surface area (Å²) in [6.07, 6.45) is 2.11. The topological polar surface area (TPSA) is 107 Å². The molecule has 0 spiro atoms. The van der Waals surface area contributed by atoms with E-state index >= 15 is 0 Å². The highest BCUT2D eigenvalue weighted by molar-refractivity contribution is 7.89. The molecule has 0 aliphatic carbocycles. The van der Waals surface area contributed by atoms with Crippen LogP contribution >= 0.6 is 0 Å². The van der Waals surface area contributed by atoms with Crippen molar-refractivity contribution in [3.63, 3.8) is 0 Å². The lowest BCUT2D eigenvalue weighted by molar-refractivity contribution is -0.387. The van der Waals surface area contributed by atoms with Crippen LogP contribution in [0.4, 0.5) is 14.5 Å². The van der Waals surface area contributed by atoms with E-state index in [4.69, 9.17) is 0 Å². The van der Waals surface area contributed by atoms with Crippen LogP contribution in [0.5, 0.6) is 0 Å². The van der Waals surface area contributed by atoms with Gasteiger partial charge in [-0.2, -0.15) is 8.78 Å². The second-order valence-corrected chi connectivity index (χ2v) is 6.24. The Bertz CT molecular complexity index is 835. The number of benzene rings is 1. The minimum Gasteiger partial charge on any atom is -0.277 e. The SMILES string of the molecule is Cc1cccc([N+](=O)[O-])c1S(=O)(=O)NCc1nccn1C(F)F. The molecular weight excluding hydrogens is 334 g/mol. The van der Waals surface area contributed by atoms with Gasteiger partial charge in [0.15, 0.2) is 4.90 Å². The maximum Gasteiger partial charge on any atom is 0.319 e. The van der Waals surface area contributed by atoms with Gasteiger partial charge in [-0.05, 0) is 12.5 Å². The third-order valence-corrected chi connectivity index (χ3v) is 4.63. The first-order chi connectivity index (χ1) is 10.7. The van der Waals surface area contributed by atoms with E-state index in [2.05, 4.69) is 9.71 Å². The number of nitrogens with zero attached hydrogens (tertiary/aromatic N) is 3. The summed E-state index contributed by atoms with van der Waals surface area (Å²) in [6, 6.07) is 3.82. The lowest BCUT2D eigenvalue weighted by Crippen LogP contribution is -2.26. The van der Waals surface area contributed by atoms with E-state index in [9.17, 15) is 27.3 Å². The lowest BCUT2D eigenvalue weighted by atomic mass is 10.2. The predicted octanol–water partition coefficient (Wildman–Crippen LogP) is 1.97. The summed E-state index contributed by atoms with van der Waals surface area (Å²) >= 11 is 0. The van der Waals surface area contributed by atoms with Crippen LogP contribution in [0.3, 0.4) is 0 Å². The number of nitrogens with one attached hydrogen (secondary N) is 1. The molecule has 0 saturated heterocycles. The number of sulfonamides is 1. The molecule has 0 atom stereocenters. The highest BCUT2D eigenvalue weighted by Gasteiger charge is 2.28. The van der Waals surface area contributed by atoms with Crippen LogP contribution in [0.15, 0.2) is 35.5 Å². The minimum atomic E-state index is -4.28. The van der Waals surface area contributed by atoms with E-state index < -0.39 is 38.6 Å². The number of imidazole rings is 1. The van der Waals surface area contributed by atoms with Gasteiger partial charge in [0.2, 0.25) is 10.0 Å². The van der Waals surface area contributed by atoms with Gasteiger partial charge in [-0.25, -0.2) is 18.1 Å². The Morgan fingerprint density at radius 1 is 1.43 bits per heavy atom. The van der Waals surface area contributed by atoms with E-state index in [1.54, 1.807) is 0 Å². The highest BCUT2D eigenvalue weighted by Crippen LogP contribution is 2.26. The Labute approximate surface area is 130 Å². The molecule has 0 amide bonds. The Morgan fingerprint density at radius 3 is 2.74 bits per heavy atom. The summed E-state index contributed by atoms with van der Waals surface area (Å²) in [5, 5.41) is 11.0. The highest BCUT2D eigenvalue weighted by atomic mass is 32.2. The number of nitro groups is 1. The maximum atomic E-state index is 12.7. The zero-order valence-corrected chi connectivity index (χ0v) is 12.6. The number of nitro benzene ring substituents is 1. The zero-order chi connectivity index (χ0) is 17.2. The van der Waals surface area contributed by atoms with E-state index in [1.165, 1.54) is 19.1 Å². The Hall–Kier alpha value is -2.40. The summed E-state index contributed by atoms with van der Waals surface area (Å²) in [4.78, 5) is 13.3. The van der Waals surface area contributed by atoms with Crippen LogP contribution in [0.1, 0.15) is 17.9 Å². The maximum absolute atomic E-state index is 12.7. The molecule has 0 aliphatic rings. The van der Waals surface area contributed by atoms with Gasteiger partial charge >= 0.3 is 6.55 Å². The molecule has 0 radical (unpaired) electrons. The van der Waals surface area contributed by atoms with Crippen molar-refractivity contribution in [2.24, 2.45) is 0 Å².